The van der Waals surface area contributed by atoms with Crippen molar-refractivity contribution < 1.29 is 0 Å². The molecule has 72 valence electrons. The fourth-order valence-electron chi connectivity index (χ4n) is 2.01. The van der Waals surface area contributed by atoms with Crippen molar-refractivity contribution in [3.8, 4) is 12.3 Å². The number of terminal acetylenes is 1. The minimum absolute atomic E-state index is 0.272. The summed E-state index contributed by atoms with van der Waals surface area (Å²) in [7, 11) is 0. The molecule has 0 atom stereocenters. The summed E-state index contributed by atoms with van der Waals surface area (Å²) in [5.41, 5.74) is 3.81. The molecule has 0 saturated heterocycles. The van der Waals surface area contributed by atoms with Gasteiger partial charge < -0.3 is 5.32 Å². The average Bonchev–Trinajstić information content (AvgIpc) is 2.16. The maximum Gasteiger partial charge on any atom is 0.0390 e. The van der Waals surface area contributed by atoms with Crippen LogP contribution < -0.4 is 5.32 Å². The molecule has 0 amide bonds. The van der Waals surface area contributed by atoms with Crippen LogP contribution in [0.2, 0.25) is 0 Å². The fourth-order valence-corrected chi connectivity index (χ4v) is 2.01. The van der Waals surface area contributed by atoms with E-state index in [9.17, 15) is 0 Å². The second-order valence-electron chi connectivity index (χ2n) is 4.47. The molecular formula is C13H15N. The molecule has 1 heteroatoms. The van der Waals surface area contributed by atoms with Crippen LogP contribution in [0, 0.1) is 12.3 Å². The van der Waals surface area contributed by atoms with E-state index in [0.29, 0.717) is 0 Å². The molecule has 1 aromatic carbocycles. The predicted octanol–water partition coefficient (Wildman–Crippen LogP) is 2.76. The van der Waals surface area contributed by atoms with E-state index in [-0.39, 0.29) is 5.41 Å². The first-order chi connectivity index (χ1) is 6.63. The summed E-state index contributed by atoms with van der Waals surface area (Å²) in [5.74, 6) is 2.66. The van der Waals surface area contributed by atoms with Gasteiger partial charge in [-0.05, 0) is 29.5 Å². The molecule has 1 heterocycles. The highest BCUT2D eigenvalue weighted by Crippen LogP contribution is 2.36. The van der Waals surface area contributed by atoms with E-state index in [1.54, 1.807) is 0 Å². The van der Waals surface area contributed by atoms with Gasteiger partial charge in [-0.25, -0.2) is 0 Å². The van der Waals surface area contributed by atoms with E-state index in [2.05, 4.69) is 37.2 Å². The second-order valence-corrected chi connectivity index (χ2v) is 4.47. The molecule has 1 N–H and O–H groups in total. The Morgan fingerprint density at radius 2 is 2.21 bits per heavy atom. The highest BCUT2D eigenvalue weighted by atomic mass is 14.9. The molecule has 1 nitrogen and oxygen atoms in total. The highest BCUT2D eigenvalue weighted by molar-refractivity contribution is 5.60. The third-order valence-corrected chi connectivity index (χ3v) is 2.98. The Kier molecular flexibility index (Phi) is 2.00. The molecule has 0 radical (unpaired) electrons. The molecule has 14 heavy (non-hydrogen) atoms. The summed E-state index contributed by atoms with van der Waals surface area (Å²) >= 11 is 0. The Morgan fingerprint density at radius 3 is 2.93 bits per heavy atom. The van der Waals surface area contributed by atoms with Gasteiger partial charge in [0.05, 0.1) is 0 Å². The van der Waals surface area contributed by atoms with Crippen LogP contribution in [0.1, 0.15) is 31.4 Å². The second kappa shape index (κ2) is 3.06. The van der Waals surface area contributed by atoms with Crippen LogP contribution in [-0.2, 0) is 5.41 Å². The van der Waals surface area contributed by atoms with Crippen LogP contribution in [-0.4, -0.2) is 6.54 Å². The fraction of sp³-hybridized carbons (Fsp3) is 0.385. The molecule has 0 spiro atoms. The van der Waals surface area contributed by atoms with Crippen molar-refractivity contribution in [1.29, 1.82) is 0 Å². The van der Waals surface area contributed by atoms with Gasteiger partial charge >= 0.3 is 0 Å². The average molecular weight is 185 g/mol. The molecule has 0 saturated carbocycles. The first-order valence-corrected chi connectivity index (χ1v) is 4.98. The summed E-state index contributed by atoms with van der Waals surface area (Å²) in [6.45, 7) is 5.60. The summed E-state index contributed by atoms with van der Waals surface area (Å²) in [6.07, 6.45) is 6.55. The molecule has 1 aliphatic heterocycles. The lowest BCUT2D eigenvalue weighted by Gasteiger charge is -2.33. The minimum Gasteiger partial charge on any atom is -0.385 e. The summed E-state index contributed by atoms with van der Waals surface area (Å²) in [4.78, 5) is 0. The van der Waals surface area contributed by atoms with E-state index in [1.807, 2.05) is 6.07 Å². The SMILES string of the molecule is C#Cc1ccc2c(c1)NCCC2(C)C. The quantitative estimate of drug-likeness (QED) is 0.613. The number of benzene rings is 1. The first-order valence-electron chi connectivity index (χ1n) is 4.98. The number of rotatable bonds is 0. The van der Waals surface area contributed by atoms with E-state index in [4.69, 9.17) is 6.42 Å². The third kappa shape index (κ3) is 1.37. The topological polar surface area (TPSA) is 12.0 Å². The van der Waals surface area contributed by atoms with Crippen molar-refractivity contribution in [2.24, 2.45) is 0 Å². The monoisotopic (exact) mass is 185 g/mol. The van der Waals surface area contributed by atoms with Gasteiger partial charge in [-0.1, -0.05) is 25.8 Å². The van der Waals surface area contributed by atoms with Gasteiger partial charge in [0.1, 0.15) is 0 Å². The third-order valence-electron chi connectivity index (χ3n) is 2.98. The summed E-state index contributed by atoms with van der Waals surface area (Å²) < 4.78 is 0. The maximum absolute atomic E-state index is 5.37. The van der Waals surface area contributed by atoms with Gasteiger partial charge in [0.25, 0.3) is 0 Å². The largest absolute Gasteiger partial charge is 0.385 e. The van der Waals surface area contributed by atoms with E-state index in [0.717, 1.165) is 12.1 Å². The zero-order valence-electron chi connectivity index (χ0n) is 8.72. The number of nitrogens with one attached hydrogen (secondary N) is 1. The van der Waals surface area contributed by atoms with Crippen LogP contribution in [0.5, 0.6) is 0 Å². The molecule has 0 bridgehead atoms. The van der Waals surface area contributed by atoms with Crippen molar-refractivity contribution in [2.45, 2.75) is 25.7 Å². The number of fused-ring (bicyclic) bond motifs is 1. The predicted molar refractivity (Wildman–Crippen MR) is 60.5 cm³/mol. The Balaban J connectivity index is 2.53. The van der Waals surface area contributed by atoms with Crippen LogP contribution in [0.3, 0.4) is 0 Å². The van der Waals surface area contributed by atoms with E-state index < -0.39 is 0 Å². The van der Waals surface area contributed by atoms with Gasteiger partial charge in [-0.2, -0.15) is 0 Å². The van der Waals surface area contributed by atoms with Crippen LogP contribution in [0.4, 0.5) is 5.69 Å². The summed E-state index contributed by atoms with van der Waals surface area (Å²) in [5, 5.41) is 3.40. The van der Waals surface area contributed by atoms with Crippen molar-refractivity contribution in [1.82, 2.24) is 0 Å². The first kappa shape index (κ1) is 9.15. The molecule has 0 unspecified atom stereocenters. The van der Waals surface area contributed by atoms with Crippen molar-refractivity contribution in [3.63, 3.8) is 0 Å². The molecule has 1 aliphatic rings. The van der Waals surface area contributed by atoms with Crippen LogP contribution in [0.25, 0.3) is 0 Å². The number of anilines is 1. The zero-order chi connectivity index (χ0) is 10.2. The minimum atomic E-state index is 0.272. The van der Waals surface area contributed by atoms with Crippen LogP contribution >= 0.6 is 0 Å². The molecule has 0 aromatic heterocycles. The Morgan fingerprint density at radius 1 is 1.43 bits per heavy atom. The molecule has 2 rings (SSSR count). The van der Waals surface area contributed by atoms with E-state index in [1.165, 1.54) is 17.7 Å². The molecule has 0 fully saturated rings. The zero-order valence-corrected chi connectivity index (χ0v) is 8.72. The highest BCUT2D eigenvalue weighted by Gasteiger charge is 2.26. The van der Waals surface area contributed by atoms with Crippen molar-refractivity contribution >= 4 is 5.69 Å². The Labute approximate surface area is 85.5 Å². The van der Waals surface area contributed by atoms with Crippen molar-refractivity contribution in [2.75, 3.05) is 11.9 Å². The number of hydrogen-bond acceptors (Lipinski definition) is 1. The Bertz CT molecular complexity index is 396. The Hall–Kier alpha value is -1.42. The normalized spacial score (nSPS) is 17.8. The lowest BCUT2D eigenvalue weighted by molar-refractivity contribution is 0.482. The van der Waals surface area contributed by atoms with Gasteiger partial charge in [0.2, 0.25) is 0 Å². The summed E-state index contributed by atoms with van der Waals surface area (Å²) in [6, 6.07) is 6.24. The van der Waals surface area contributed by atoms with Gasteiger partial charge in [-0.3, -0.25) is 0 Å². The van der Waals surface area contributed by atoms with Crippen LogP contribution in [0.15, 0.2) is 18.2 Å². The van der Waals surface area contributed by atoms with Gasteiger partial charge in [0, 0.05) is 17.8 Å². The molecular weight excluding hydrogens is 170 g/mol. The molecule has 1 aromatic rings. The van der Waals surface area contributed by atoms with Crippen molar-refractivity contribution in [3.05, 3.63) is 29.3 Å². The lowest BCUT2D eigenvalue weighted by Crippen LogP contribution is -2.28. The van der Waals surface area contributed by atoms with E-state index >= 15 is 0 Å². The number of hydrogen-bond donors (Lipinski definition) is 1. The lowest BCUT2D eigenvalue weighted by atomic mass is 9.78. The standard InChI is InChI=1S/C13H15N/c1-4-10-5-6-11-12(9-10)14-8-7-13(11,2)3/h1,5-6,9,14H,7-8H2,2-3H3. The molecule has 0 aliphatic carbocycles. The van der Waals surface area contributed by atoms with Gasteiger partial charge in [0.15, 0.2) is 0 Å². The maximum atomic E-state index is 5.37. The smallest absolute Gasteiger partial charge is 0.0390 e. The van der Waals surface area contributed by atoms with Gasteiger partial charge in [-0.15, -0.1) is 6.42 Å².